The lowest BCUT2D eigenvalue weighted by Crippen LogP contribution is -2.36. The predicted octanol–water partition coefficient (Wildman–Crippen LogP) is 4.81. The van der Waals surface area contributed by atoms with Crippen LogP contribution in [0.3, 0.4) is 0 Å². The van der Waals surface area contributed by atoms with E-state index in [1.807, 2.05) is 66.5 Å². The Morgan fingerprint density at radius 2 is 1.81 bits per heavy atom. The van der Waals surface area contributed by atoms with Crippen molar-refractivity contribution in [1.82, 2.24) is 9.91 Å². The first-order valence-electron chi connectivity index (χ1n) is 10.9. The minimum atomic E-state index is -0.116. The normalized spacial score (nSPS) is 15.7. The second-order valence-electron chi connectivity index (χ2n) is 8.25. The Labute approximate surface area is 189 Å². The number of hydrogen-bond acceptors (Lipinski definition) is 4. The van der Waals surface area contributed by atoms with Crippen molar-refractivity contribution >= 4 is 11.6 Å². The second-order valence-corrected chi connectivity index (χ2v) is 8.25. The molecule has 0 aromatic heterocycles. The zero-order valence-electron chi connectivity index (χ0n) is 18.9. The van der Waals surface area contributed by atoms with Crippen molar-refractivity contribution in [3.05, 3.63) is 101 Å². The van der Waals surface area contributed by atoms with Crippen LogP contribution in [0.2, 0.25) is 0 Å². The van der Waals surface area contributed by atoms with E-state index in [4.69, 9.17) is 9.84 Å². The van der Waals surface area contributed by atoms with E-state index in [0.717, 1.165) is 28.2 Å². The van der Waals surface area contributed by atoms with Crippen molar-refractivity contribution in [2.75, 3.05) is 20.7 Å². The first-order chi connectivity index (χ1) is 15.5. The van der Waals surface area contributed by atoms with Gasteiger partial charge in [0.1, 0.15) is 5.75 Å². The Morgan fingerprint density at radius 3 is 2.56 bits per heavy atom. The Hall–Kier alpha value is -3.44. The number of likely N-dealkylation sites (N-methyl/N-ethyl adjacent to an activating group) is 1. The van der Waals surface area contributed by atoms with Gasteiger partial charge >= 0.3 is 0 Å². The van der Waals surface area contributed by atoms with Gasteiger partial charge in [0.15, 0.2) is 0 Å². The summed E-state index contributed by atoms with van der Waals surface area (Å²) in [6.07, 6.45) is 0.673. The largest absolute Gasteiger partial charge is 0.497 e. The average Bonchev–Trinajstić information content (AvgIpc) is 3.25. The molecule has 0 saturated heterocycles. The van der Waals surface area contributed by atoms with E-state index in [9.17, 15) is 4.79 Å². The third-order valence-electron chi connectivity index (χ3n) is 5.82. The Balaban J connectivity index is 1.59. The molecule has 1 heterocycles. The molecule has 0 saturated carbocycles. The van der Waals surface area contributed by atoms with Crippen LogP contribution in [-0.2, 0) is 11.3 Å². The maximum absolute atomic E-state index is 13.4. The number of benzene rings is 3. The summed E-state index contributed by atoms with van der Waals surface area (Å²) in [5.41, 5.74) is 5.36. The topological polar surface area (TPSA) is 45.1 Å². The molecule has 0 fully saturated rings. The highest BCUT2D eigenvalue weighted by molar-refractivity contribution is 6.03. The highest BCUT2D eigenvalue weighted by Crippen LogP contribution is 2.35. The van der Waals surface area contributed by atoms with Crippen molar-refractivity contribution in [3.63, 3.8) is 0 Å². The van der Waals surface area contributed by atoms with Crippen molar-refractivity contribution < 1.29 is 9.53 Å². The lowest BCUT2D eigenvalue weighted by Gasteiger charge is -2.25. The predicted molar refractivity (Wildman–Crippen MR) is 128 cm³/mol. The van der Waals surface area contributed by atoms with Crippen LogP contribution in [0.4, 0.5) is 0 Å². The van der Waals surface area contributed by atoms with Gasteiger partial charge in [-0.2, -0.15) is 5.10 Å². The van der Waals surface area contributed by atoms with Gasteiger partial charge in [-0.15, -0.1) is 0 Å². The number of amides is 1. The summed E-state index contributed by atoms with van der Waals surface area (Å²) >= 11 is 0. The van der Waals surface area contributed by atoms with E-state index in [0.29, 0.717) is 19.5 Å². The third-order valence-corrected chi connectivity index (χ3v) is 5.82. The fraction of sp³-hybridized carbons (Fsp3) is 0.259. The van der Waals surface area contributed by atoms with Gasteiger partial charge in [-0.3, -0.25) is 9.69 Å². The van der Waals surface area contributed by atoms with E-state index < -0.39 is 0 Å². The highest BCUT2D eigenvalue weighted by atomic mass is 16.5. The van der Waals surface area contributed by atoms with Gasteiger partial charge in [0.25, 0.3) is 5.91 Å². The zero-order valence-corrected chi connectivity index (χ0v) is 18.9. The molecular formula is C27H29N3O2. The number of nitrogens with zero attached hydrogens (tertiary/aromatic N) is 3. The lowest BCUT2D eigenvalue weighted by molar-refractivity contribution is -0.134. The van der Waals surface area contributed by atoms with Crippen molar-refractivity contribution in [2.45, 2.75) is 25.9 Å². The van der Waals surface area contributed by atoms with Gasteiger partial charge in [-0.25, -0.2) is 5.01 Å². The maximum Gasteiger partial charge on any atom is 0.257 e. The van der Waals surface area contributed by atoms with Crippen molar-refractivity contribution in [1.29, 1.82) is 0 Å². The van der Waals surface area contributed by atoms with Crippen LogP contribution < -0.4 is 4.74 Å². The molecule has 1 unspecified atom stereocenters. The van der Waals surface area contributed by atoms with Gasteiger partial charge in [-0.05, 0) is 42.8 Å². The molecule has 3 aromatic carbocycles. The van der Waals surface area contributed by atoms with Crippen molar-refractivity contribution in [2.24, 2.45) is 5.10 Å². The van der Waals surface area contributed by atoms with Gasteiger partial charge in [0.05, 0.1) is 25.4 Å². The third kappa shape index (κ3) is 4.89. The van der Waals surface area contributed by atoms with Gasteiger partial charge in [0.2, 0.25) is 0 Å². The number of hydrazone groups is 1. The molecule has 32 heavy (non-hydrogen) atoms. The molecule has 1 amide bonds. The average molecular weight is 428 g/mol. The van der Waals surface area contributed by atoms with Gasteiger partial charge < -0.3 is 4.74 Å². The first-order valence-corrected chi connectivity index (χ1v) is 10.9. The van der Waals surface area contributed by atoms with Crippen LogP contribution in [0.15, 0.2) is 84.0 Å². The van der Waals surface area contributed by atoms with Crippen LogP contribution in [0.1, 0.15) is 34.7 Å². The van der Waals surface area contributed by atoms with Crippen LogP contribution in [0.5, 0.6) is 5.75 Å². The number of aryl methyl sites for hydroxylation is 1. The molecule has 0 N–H and O–H groups in total. The molecule has 1 aliphatic rings. The fourth-order valence-corrected chi connectivity index (χ4v) is 4.17. The molecule has 1 atom stereocenters. The zero-order chi connectivity index (χ0) is 22.5. The minimum Gasteiger partial charge on any atom is -0.497 e. The SMILES string of the molecule is COc1cccc(C2=NN(C(=O)CN(C)Cc3ccccc3)C(c3ccccc3C)C2)c1. The van der Waals surface area contributed by atoms with Gasteiger partial charge in [0, 0.05) is 18.5 Å². The molecule has 0 bridgehead atoms. The minimum absolute atomic E-state index is 0.00502. The first kappa shape index (κ1) is 21.8. The van der Waals surface area contributed by atoms with Crippen LogP contribution in [0.25, 0.3) is 0 Å². The van der Waals surface area contributed by atoms with Crippen molar-refractivity contribution in [3.8, 4) is 5.75 Å². The molecule has 4 rings (SSSR count). The molecule has 1 aliphatic heterocycles. The summed E-state index contributed by atoms with van der Waals surface area (Å²) in [5.74, 6) is 0.777. The summed E-state index contributed by atoms with van der Waals surface area (Å²) in [6.45, 7) is 3.09. The maximum atomic E-state index is 13.4. The molecule has 3 aromatic rings. The van der Waals surface area contributed by atoms with Crippen LogP contribution in [0, 0.1) is 6.92 Å². The number of methoxy groups -OCH3 is 1. The highest BCUT2D eigenvalue weighted by Gasteiger charge is 2.34. The summed E-state index contributed by atoms with van der Waals surface area (Å²) in [7, 11) is 3.63. The quantitative estimate of drug-likeness (QED) is 0.543. The lowest BCUT2D eigenvalue weighted by atomic mass is 9.95. The van der Waals surface area contributed by atoms with Crippen LogP contribution >= 0.6 is 0 Å². The molecule has 164 valence electrons. The monoisotopic (exact) mass is 427 g/mol. The van der Waals surface area contributed by atoms with Gasteiger partial charge in [-0.1, -0.05) is 66.7 Å². The Kier molecular flexibility index (Phi) is 6.66. The second kappa shape index (κ2) is 9.79. The summed E-state index contributed by atoms with van der Waals surface area (Å²) in [4.78, 5) is 15.4. The molecule has 0 spiro atoms. The van der Waals surface area contributed by atoms with E-state index in [1.165, 1.54) is 5.56 Å². The standard InChI is InChI=1S/C27H29N3O2/c1-20-10-7-8-15-24(20)26-17-25(22-13-9-14-23(16-22)32-3)28-30(26)27(31)19-29(2)18-21-11-5-4-6-12-21/h4-16,26H,17-19H2,1-3H3. The Morgan fingerprint density at radius 1 is 1.06 bits per heavy atom. The summed E-state index contributed by atoms with van der Waals surface area (Å²) in [5, 5.41) is 6.49. The number of ether oxygens (including phenoxy) is 1. The number of carbonyl (C=O) groups is 1. The van der Waals surface area contributed by atoms with E-state index >= 15 is 0 Å². The summed E-state index contributed by atoms with van der Waals surface area (Å²) in [6, 6.07) is 26.2. The number of rotatable bonds is 7. The number of hydrogen-bond donors (Lipinski definition) is 0. The molecule has 0 aliphatic carbocycles. The molecule has 5 heteroatoms. The molecule has 5 nitrogen and oxygen atoms in total. The number of carbonyl (C=O) groups excluding carboxylic acids is 1. The molecular weight excluding hydrogens is 398 g/mol. The van der Waals surface area contributed by atoms with E-state index in [1.54, 1.807) is 12.1 Å². The Bertz CT molecular complexity index is 1110. The van der Waals surface area contributed by atoms with Crippen LogP contribution in [-0.4, -0.2) is 42.2 Å². The van der Waals surface area contributed by atoms with E-state index in [2.05, 4.69) is 31.2 Å². The summed E-state index contributed by atoms with van der Waals surface area (Å²) < 4.78 is 5.39. The smallest absolute Gasteiger partial charge is 0.257 e. The fourth-order valence-electron chi connectivity index (χ4n) is 4.17. The molecule has 0 radical (unpaired) electrons. The van der Waals surface area contributed by atoms with E-state index in [-0.39, 0.29) is 11.9 Å².